The first-order valence-corrected chi connectivity index (χ1v) is 9.71. The molecule has 1 aliphatic rings. The average molecular weight is 444 g/mol. The number of anilines is 1. The first-order valence-electron chi connectivity index (χ1n) is 9.71. The van der Waals surface area contributed by atoms with E-state index in [1.165, 1.54) is 11.8 Å². The predicted octanol–water partition coefficient (Wildman–Crippen LogP) is 4.63. The number of non-ortho nitro benzene ring substituents is 1. The van der Waals surface area contributed by atoms with Gasteiger partial charge in [0.2, 0.25) is 5.75 Å². The Morgan fingerprint density at radius 2 is 1.58 bits per heavy atom. The molecule has 0 saturated heterocycles. The highest BCUT2D eigenvalue weighted by molar-refractivity contribution is 6.27. The largest absolute Gasteiger partial charge is 0.417 e. The Balaban J connectivity index is 1.82. The highest BCUT2D eigenvalue weighted by Crippen LogP contribution is 2.37. The van der Waals surface area contributed by atoms with Gasteiger partial charge >= 0.3 is 11.7 Å². The van der Waals surface area contributed by atoms with Crippen LogP contribution < -0.4 is 9.64 Å². The molecule has 3 aromatic rings. The molecule has 0 spiro atoms. The highest BCUT2D eigenvalue weighted by atomic mass is 16.6. The van der Waals surface area contributed by atoms with Gasteiger partial charge in [-0.15, -0.1) is 0 Å². The molecule has 0 bridgehead atoms. The van der Waals surface area contributed by atoms with Gasteiger partial charge in [-0.05, 0) is 30.7 Å². The SMILES string of the molecule is Cc1cc([N+](=O)[O-])cc([N+](=O)[O-])c1OC1=N/C(=C\c2ccccc2)C(=O)N1c1ccccc1. The van der Waals surface area contributed by atoms with Crippen LogP contribution in [0, 0.1) is 27.2 Å². The maximum Gasteiger partial charge on any atom is 0.318 e. The van der Waals surface area contributed by atoms with Crippen molar-refractivity contribution in [2.45, 2.75) is 6.92 Å². The van der Waals surface area contributed by atoms with Gasteiger partial charge in [-0.3, -0.25) is 25.0 Å². The van der Waals surface area contributed by atoms with Crippen molar-refractivity contribution in [2.24, 2.45) is 4.99 Å². The number of nitro groups is 2. The van der Waals surface area contributed by atoms with E-state index in [0.29, 0.717) is 5.69 Å². The Kier molecular flexibility index (Phi) is 5.64. The highest BCUT2D eigenvalue weighted by Gasteiger charge is 2.36. The first-order chi connectivity index (χ1) is 15.8. The van der Waals surface area contributed by atoms with E-state index in [1.54, 1.807) is 48.5 Å². The first kappa shape index (κ1) is 21.4. The van der Waals surface area contributed by atoms with Gasteiger partial charge in [0.05, 0.1) is 21.6 Å². The van der Waals surface area contributed by atoms with Gasteiger partial charge in [-0.2, -0.15) is 4.99 Å². The lowest BCUT2D eigenvalue weighted by Crippen LogP contribution is -2.35. The number of ether oxygens (including phenoxy) is 1. The summed E-state index contributed by atoms with van der Waals surface area (Å²) in [5.74, 6) is -0.721. The van der Waals surface area contributed by atoms with E-state index in [9.17, 15) is 25.0 Å². The minimum atomic E-state index is -0.778. The maximum absolute atomic E-state index is 13.2. The molecule has 4 rings (SSSR count). The van der Waals surface area contributed by atoms with E-state index in [4.69, 9.17) is 4.74 Å². The van der Waals surface area contributed by atoms with Crippen LogP contribution in [0.1, 0.15) is 11.1 Å². The van der Waals surface area contributed by atoms with Crippen molar-refractivity contribution in [3.63, 3.8) is 0 Å². The summed E-state index contributed by atoms with van der Waals surface area (Å²) in [4.78, 5) is 39.9. The van der Waals surface area contributed by atoms with E-state index < -0.39 is 27.1 Å². The van der Waals surface area contributed by atoms with Crippen molar-refractivity contribution in [1.29, 1.82) is 0 Å². The molecule has 33 heavy (non-hydrogen) atoms. The molecule has 164 valence electrons. The second kappa shape index (κ2) is 8.71. The second-order valence-electron chi connectivity index (χ2n) is 7.04. The van der Waals surface area contributed by atoms with Crippen LogP contribution in [0.2, 0.25) is 0 Å². The zero-order chi connectivity index (χ0) is 23.5. The summed E-state index contributed by atoms with van der Waals surface area (Å²) < 4.78 is 5.79. The molecule has 0 unspecified atom stereocenters. The van der Waals surface area contributed by atoms with Crippen molar-refractivity contribution in [3.05, 3.63) is 110 Å². The molecule has 1 amide bonds. The van der Waals surface area contributed by atoms with Gasteiger partial charge in [0.1, 0.15) is 5.70 Å². The van der Waals surface area contributed by atoms with Crippen LogP contribution in [0.15, 0.2) is 83.5 Å². The van der Waals surface area contributed by atoms with Gasteiger partial charge in [0.25, 0.3) is 11.6 Å². The normalized spacial score (nSPS) is 14.3. The summed E-state index contributed by atoms with van der Waals surface area (Å²) in [5, 5.41) is 22.8. The van der Waals surface area contributed by atoms with Crippen molar-refractivity contribution in [2.75, 3.05) is 4.90 Å². The van der Waals surface area contributed by atoms with Crippen LogP contribution in [0.3, 0.4) is 0 Å². The van der Waals surface area contributed by atoms with Crippen molar-refractivity contribution < 1.29 is 19.4 Å². The van der Waals surface area contributed by atoms with Crippen LogP contribution in [-0.4, -0.2) is 21.8 Å². The molecular weight excluding hydrogens is 428 g/mol. The number of amides is 1. The molecule has 0 aliphatic carbocycles. The third-order valence-corrected chi connectivity index (χ3v) is 4.79. The molecule has 0 radical (unpaired) electrons. The Hall–Kier alpha value is -4.86. The minimum absolute atomic E-state index is 0.0715. The molecule has 10 heteroatoms. The number of nitrogens with zero attached hydrogens (tertiary/aromatic N) is 4. The van der Waals surface area contributed by atoms with Crippen LogP contribution >= 0.6 is 0 Å². The molecule has 0 saturated carbocycles. The smallest absolute Gasteiger partial charge is 0.318 e. The summed E-state index contributed by atoms with van der Waals surface area (Å²) in [6.45, 7) is 1.44. The fourth-order valence-electron chi connectivity index (χ4n) is 3.28. The van der Waals surface area contributed by atoms with Crippen LogP contribution in [0.25, 0.3) is 6.08 Å². The molecule has 1 heterocycles. The Morgan fingerprint density at radius 1 is 0.939 bits per heavy atom. The predicted molar refractivity (Wildman–Crippen MR) is 121 cm³/mol. The van der Waals surface area contributed by atoms with Crippen LogP contribution in [0.5, 0.6) is 5.75 Å². The molecule has 1 aliphatic heterocycles. The van der Waals surface area contributed by atoms with Crippen molar-refractivity contribution in [1.82, 2.24) is 0 Å². The van der Waals surface area contributed by atoms with E-state index in [0.717, 1.165) is 17.7 Å². The lowest BCUT2D eigenvalue weighted by molar-refractivity contribution is -0.394. The number of benzene rings is 3. The summed E-state index contributed by atoms with van der Waals surface area (Å²) in [5.41, 5.74) is 0.351. The van der Waals surface area contributed by atoms with Gasteiger partial charge in [0.15, 0.2) is 0 Å². The lowest BCUT2D eigenvalue weighted by Gasteiger charge is -2.18. The minimum Gasteiger partial charge on any atom is -0.417 e. The number of aryl methyl sites for hydroxylation is 1. The number of amidine groups is 1. The summed E-state index contributed by atoms with van der Waals surface area (Å²) in [7, 11) is 0. The number of hydrogen-bond acceptors (Lipinski definition) is 7. The van der Waals surface area contributed by atoms with Crippen LogP contribution in [-0.2, 0) is 4.79 Å². The number of carbonyl (C=O) groups excluding carboxylic acids is 1. The standard InChI is InChI=1S/C23H16N4O6/c1-15-12-18(26(29)30)14-20(27(31)32)21(15)33-23-24-19(13-16-8-4-2-5-9-16)22(28)25(23)17-10-6-3-7-11-17/h2-14H,1H3/b19-13-. The fraction of sp³-hybridized carbons (Fsp3) is 0.0435. The number of carbonyl (C=O) groups is 1. The molecule has 0 fully saturated rings. The van der Waals surface area contributed by atoms with E-state index >= 15 is 0 Å². The molecule has 3 aromatic carbocycles. The zero-order valence-corrected chi connectivity index (χ0v) is 17.2. The molecule has 0 N–H and O–H groups in total. The zero-order valence-electron chi connectivity index (χ0n) is 17.2. The topological polar surface area (TPSA) is 128 Å². The fourth-order valence-corrected chi connectivity index (χ4v) is 3.28. The number of aliphatic imine (C=N–C) groups is 1. The Bertz CT molecular complexity index is 1320. The summed E-state index contributed by atoms with van der Waals surface area (Å²) >= 11 is 0. The Morgan fingerprint density at radius 3 is 2.18 bits per heavy atom. The van der Waals surface area contributed by atoms with Crippen molar-refractivity contribution >= 4 is 35.1 Å². The quantitative estimate of drug-likeness (QED) is 0.320. The summed E-state index contributed by atoms with van der Waals surface area (Å²) in [6.07, 6.45) is 1.58. The van der Waals surface area contributed by atoms with Crippen molar-refractivity contribution in [3.8, 4) is 5.75 Å². The molecule has 0 aromatic heterocycles. The van der Waals surface area contributed by atoms with E-state index in [2.05, 4.69) is 4.99 Å². The lowest BCUT2D eigenvalue weighted by atomic mass is 10.1. The maximum atomic E-state index is 13.2. The van der Waals surface area contributed by atoms with Crippen LogP contribution in [0.4, 0.5) is 17.1 Å². The second-order valence-corrected chi connectivity index (χ2v) is 7.04. The molecular formula is C23H16N4O6. The van der Waals surface area contributed by atoms with Gasteiger partial charge < -0.3 is 4.74 Å². The average Bonchev–Trinajstić information content (AvgIpc) is 3.10. The van der Waals surface area contributed by atoms with E-state index in [-0.39, 0.29) is 23.0 Å². The Labute approximate surface area is 187 Å². The molecule has 0 atom stereocenters. The number of para-hydroxylation sites is 1. The monoisotopic (exact) mass is 444 g/mol. The van der Waals surface area contributed by atoms with Gasteiger partial charge in [-0.25, -0.2) is 4.90 Å². The van der Waals surface area contributed by atoms with Gasteiger partial charge in [0, 0.05) is 11.6 Å². The number of nitro benzene ring substituents is 2. The third-order valence-electron chi connectivity index (χ3n) is 4.79. The number of rotatable bonds is 5. The number of hydrogen-bond donors (Lipinski definition) is 0. The third kappa shape index (κ3) is 4.30. The van der Waals surface area contributed by atoms with E-state index in [1.807, 2.05) is 18.2 Å². The summed E-state index contributed by atoms with van der Waals surface area (Å²) in [6, 6.07) is 19.4. The molecule has 10 nitrogen and oxygen atoms in total. The van der Waals surface area contributed by atoms with Gasteiger partial charge in [-0.1, -0.05) is 48.5 Å².